The van der Waals surface area contributed by atoms with E-state index >= 15 is 0 Å². The summed E-state index contributed by atoms with van der Waals surface area (Å²) >= 11 is 0. The standard InChI is InChI=1S/C19H30N2O2/c20-17(14-16-10-5-2-6-11-16)18(22)19(23)21-13-7-12-15-8-3-1-4-9-15/h1,3-4,8-9,16-18,22H,2,5-7,10-14,20H2,(H,21,23)/t17-,18?/m1/s1. The monoisotopic (exact) mass is 318 g/mol. The van der Waals surface area contributed by atoms with E-state index in [9.17, 15) is 9.90 Å². The van der Waals surface area contributed by atoms with Crippen LogP contribution in [0.5, 0.6) is 0 Å². The van der Waals surface area contributed by atoms with Crippen LogP contribution in [0.25, 0.3) is 0 Å². The minimum atomic E-state index is -1.09. The minimum Gasteiger partial charge on any atom is -0.382 e. The van der Waals surface area contributed by atoms with Gasteiger partial charge in [0, 0.05) is 12.6 Å². The van der Waals surface area contributed by atoms with E-state index in [-0.39, 0.29) is 5.91 Å². The zero-order valence-corrected chi connectivity index (χ0v) is 13.9. The molecule has 1 aromatic carbocycles. The van der Waals surface area contributed by atoms with Crippen LogP contribution in [0.3, 0.4) is 0 Å². The molecule has 1 fully saturated rings. The van der Waals surface area contributed by atoms with Gasteiger partial charge in [-0.15, -0.1) is 0 Å². The number of hydrogen-bond donors (Lipinski definition) is 3. The van der Waals surface area contributed by atoms with Crippen molar-refractivity contribution in [2.45, 2.75) is 63.5 Å². The lowest BCUT2D eigenvalue weighted by atomic mass is 9.84. The van der Waals surface area contributed by atoms with E-state index in [4.69, 9.17) is 5.73 Å². The predicted molar refractivity (Wildman–Crippen MR) is 92.9 cm³/mol. The van der Waals surface area contributed by atoms with Gasteiger partial charge in [0.1, 0.15) is 6.10 Å². The molecule has 0 heterocycles. The second-order valence-corrected chi connectivity index (χ2v) is 6.73. The number of benzene rings is 1. The van der Waals surface area contributed by atoms with E-state index in [1.165, 1.54) is 37.7 Å². The molecule has 1 aliphatic rings. The van der Waals surface area contributed by atoms with Crippen molar-refractivity contribution in [3.63, 3.8) is 0 Å². The Bertz CT molecular complexity index is 458. The average molecular weight is 318 g/mol. The van der Waals surface area contributed by atoms with Crippen LogP contribution in [-0.2, 0) is 11.2 Å². The molecule has 0 aliphatic heterocycles. The summed E-state index contributed by atoms with van der Waals surface area (Å²) < 4.78 is 0. The molecule has 128 valence electrons. The molecule has 4 nitrogen and oxygen atoms in total. The van der Waals surface area contributed by atoms with Crippen LogP contribution in [0.1, 0.15) is 50.5 Å². The Balaban J connectivity index is 1.63. The lowest BCUT2D eigenvalue weighted by Gasteiger charge is -2.26. The Morgan fingerprint density at radius 3 is 2.61 bits per heavy atom. The highest BCUT2D eigenvalue weighted by molar-refractivity contribution is 5.81. The summed E-state index contributed by atoms with van der Waals surface area (Å²) in [6.07, 6.45) is 7.60. The van der Waals surface area contributed by atoms with Crippen LogP contribution in [0.15, 0.2) is 30.3 Å². The molecule has 0 bridgehead atoms. The number of carbonyl (C=O) groups is 1. The van der Waals surface area contributed by atoms with Crippen LogP contribution in [0, 0.1) is 5.92 Å². The van der Waals surface area contributed by atoms with Gasteiger partial charge in [-0.3, -0.25) is 4.79 Å². The Hall–Kier alpha value is -1.39. The van der Waals surface area contributed by atoms with Crippen molar-refractivity contribution in [1.29, 1.82) is 0 Å². The van der Waals surface area contributed by atoms with Crippen molar-refractivity contribution in [1.82, 2.24) is 5.32 Å². The van der Waals surface area contributed by atoms with Crippen molar-refractivity contribution in [3.8, 4) is 0 Å². The van der Waals surface area contributed by atoms with Gasteiger partial charge in [0.05, 0.1) is 0 Å². The Labute approximate surface area is 139 Å². The first-order valence-electron chi connectivity index (χ1n) is 8.92. The van der Waals surface area contributed by atoms with E-state index in [0.29, 0.717) is 12.5 Å². The molecule has 1 unspecified atom stereocenters. The molecule has 1 aromatic rings. The summed E-state index contributed by atoms with van der Waals surface area (Å²) in [5.74, 6) is 0.237. The second-order valence-electron chi connectivity index (χ2n) is 6.73. The fraction of sp³-hybridized carbons (Fsp3) is 0.632. The first-order chi connectivity index (χ1) is 11.2. The Morgan fingerprint density at radius 1 is 1.22 bits per heavy atom. The first-order valence-corrected chi connectivity index (χ1v) is 8.92. The number of nitrogens with one attached hydrogen (secondary N) is 1. The lowest BCUT2D eigenvalue weighted by Crippen LogP contribution is -2.47. The molecule has 4 N–H and O–H groups in total. The summed E-state index contributed by atoms with van der Waals surface area (Å²) in [5, 5.41) is 12.9. The number of aliphatic hydroxyl groups excluding tert-OH is 1. The molecule has 0 radical (unpaired) electrons. The highest BCUT2D eigenvalue weighted by atomic mass is 16.3. The summed E-state index contributed by atoms with van der Waals surface area (Å²) in [6.45, 7) is 0.570. The summed E-state index contributed by atoms with van der Waals surface area (Å²) in [6, 6.07) is 9.74. The number of amides is 1. The molecule has 2 rings (SSSR count). The summed E-state index contributed by atoms with van der Waals surface area (Å²) in [7, 11) is 0. The van der Waals surface area contributed by atoms with Crippen LogP contribution in [-0.4, -0.2) is 29.7 Å². The molecule has 2 atom stereocenters. The topological polar surface area (TPSA) is 75.3 Å². The highest BCUT2D eigenvalue weighted by Gasteiger charge is 2.26. The highest BCUT2D eigenvalue weighted by Crippen LogP contribution is 2.27. The van der Waals surface area contributed by atoms with Gasteiger partial charge >= 0.3 is 0 Å². The van der Waals surface area contributed by atoms with Crippen molar-refractivity contribution in [2.24, 2.45) is 11.7 Å². The molecule has 0 saturated heterocycles. The number of aliphatic hydroxyl groups is 1. The molecule has 23 heavy (non-hydrogen) atoms. The van der Waals surface area contributed by atoms with E-state index in [0.717, 1.165) is 19.3 Å². The minimum absolute atomic E-state index is 0.332. The van der Waals surface area contributed by atoms with E-state index < -0.39 is 12.1 Å². The van der Waals surface area contributed by atoms with E-state index in [2.05, 4.69) is 17.4 Å². The molecule has 1 saturated carbocycles. The maximum absolute atomic E-state index is 12.0. The Morgan fingerprint density at radius 2 is 1.91 bits per heavy atom. The Kier molecular flexibility index (Phi) is 7.56. The number of rotatable bonds is 8. The van der Waals surface area contributed by atoms with Crippen LogP contribution in [0.4, 0.5) is 0 Å². The van der Waals surface area contributed by atoms with Crippen LogP contribution in [0.2, 0.25) is 0 Å². The van der Waals surface area contributed by atoms with Crippen molar-refractivity contribution in [3.05, 3.63) is 35.9 Å². The van der Waals surface area contributed by atoms with Crippen LogP contribution < -0.4 is 11.1 Å². The zero-order valence-electron chi connectivity index (χ0n) is 13.9. The van der Waals surface area contributed by atoms with Gasteiger partial charge < -0.3 is 16.2 Å². The van der Waals surface area contributed by atoms with Gasteiger partial charge in [-0.25, -0.2) is 0 Å². The smallest absolute Gasteiger partial charge is 0.250 e. The molecule has 0 spiro atoms. The van der Waals surface area contributed by atoms with Gasteiger partial charge in [0.25, 0.3) is 0 Å². The molecule has 4 heteroatoms. The van der Waals surface area contributed by atoms with Gasteiger partial charge in [0.15, 0.2) is 0 Å². The largest absolute Gasteiger partial charge is 0.382 e. The number of nitrogens with two attached hydrogens (primary N) is 1. The van der Waals surface area contributed by atoms with E-state index in [1.54, 1.807) is 0 Å². The normalized spacial score (nSPS) is 18.3. The fourth-order valence-electron chi connectivity index (χ4n) is 3.38. The summed E-state index contributed by atoms with van der Waals surface area (Å²) in [4.78, 5) is 12.0. The predicted octanol–water partition coefficient (Wildman–Crippen LogP) is 2.39. The molecule has 1 aliphatic carbocycles. The lowest BCUT2D eigenvalue weighted by molar-refractivity contribution is -0.130. The van der Waals surface area contributed by atoms with Gasteiger partial charge in [0.2, 0.25) is 5.91 Å². The third kappa shape index (κ3) is 6.32. The maximum atomic E-state index is 12.0. The first kappa shape index (κ1) is 18.0. The molecular weight excluding hydrogens is 288 g/mol. The fourth-order valence-corrected chi connectivity index (χ4v) is 3.38. The number of aryl methyl sites for hydroxylation is 1. The third-order valence-electron chi connectivity index (χ3n) is 4.79. The van der Waals surface area contributed by atoms with E-state index in [1.807, 2.05) is 18.2 Å². The van der Waals surface area contributed by atoms with Crippen molar-refractivity contribution in [2.75, 3.05) is 6.54 Å². The van der Waals surface area contributed by atoms with Gasteiger partial charge in [-0.2, -0.15) is 0 Å². The molecule has 0 aromatic heterocycles. The zero-order chi connectivity index (χ0) is 16.5. The summed E-state index contributed by atoms with van der Waals surface area (Å²) in [5.41, 5.74) is 7.29. The van der Waals surface area contributed by atoms with Crippen LogP contribution >= 0.6 is 0 Å². The quantitative estimate of drug-likeness (QED) is 0.644. The number of hydrogen-bond acceptors (Lipinski definition) is 3. The van der Waals surface area contributed by atoms with Gasteiger partial charge in [-0.05, 0) is 30.7 Å². The van der Waals surface area contributed by atoms with Crippen molar-refractivity contribution >= 4 is 5.91 Å². The average Bonchev–Trinajstić information content (AvgIpc) is 2.59. The molecular formula is C19H30N2O2. The number of carbonyl (C=O) groups excluding carboxylic acids is 1. The van der Waals surface area contributed by atoms with Crippen molar-refractivity contribution < 1.29 is 9.90 Å². The third-order valence-corrected chi connectivity index (χ3v) is 4.79. The van der Waals surface area contributed by atoms with Gasteiger partial charge in [-0.1, -0.05) is 62.4 Å². The second kappa shape index (κ2) is 9.68. The molecule has 1 amide bonds. The maximum Gasteiger partial charge on any atom is 0.250 e. The SMILES string of the molecule is N[C@H](CC1CCCCC1)C(O)C(=O)NCCCc1ccccc1.